The number of carbonyl (C=O) groups is 1. The molecule has 1 N–H and O–H groups in total. The zero-order chi connectivity index (χ0) is 14.4. The molecule has 0 bridgehead atoms. The lowest BCUT2D eigenvalue weighted by Gasteiger charge is -2.06. The lowest BCUT2D eigenvalue weighted by Crippen LogP contribution is -2.08. The first-order chi connectivity index (χ1) is 8.90. The molecule has 0 saturated carbocycles. The van der Waals surface area contributed by atoms with Crippen LogP contribution >= 0.6 is 0 Å². The van der Waals surface area contributed by atoms with Gasteiger partial charge in [-0.05, 0) is 23.8 Å². The van der Waals surface area contributed by atoms with Gasteiger partial charge in [-0.25, -0.2) is 13.6 Å². The highest BCUT2D eigenvalue weighted by molar-refractivity contribution is 5.85. The minimum Gasteiger partial charge on any atom is -0.481 e. The van der Waals surface area contributed by atoms with Gasteiger partial charge in [0.15, 0.2) is 5.75 Å². The molecule has 0 unspecified atom stereocenters. The Bertz CT molecular complexity index is 516. The van der Waals surface area contributed by atoms with Crippen molar-refractivity contribution in [2.24, 2.45) is 0 Å². The van der Waals surface area contributed by atoms with E-state index < -0.39 is 29.6 Å². The van der Waals surface area contributed by atoms with E-state index >= 15 is 0 Å². The summed E-state index contributed by atoms with van der Waals surface area (Å²) in [5, 5.41) is 19.1. The van der Waals surface area contributed by atoms with E-state index in [2.05, 4.69) is 4.74 Å². The van der Waals surface area contributed by atoms with E-state index in [1.54, 1.807) is 0 Å². The fourth-order valence-electron chi connectivity index (χ4n) is 1.22. The van der Waals surface area contributed by atoms with E-state index in [1.165, 1.54) is 12.1 Å². The van der Waals surface area contributed by atoms with Gasteiger partial charge in [0.25, 0.3) is 6.43 Å². The molecule has 0 amide bonds. The summed E-state index contributed by atoms with van der Waals surface area (Å²) in [5.74, 6) is -1.54. The molecule has 0 aromatic heterocycles. The molecule has 0 aliphatic heterocycles. The van der Waals surface area contributed by atoms with Crippen LogP contribution in [0.25, 0.3) is 6.08 Å². The van der Waals surface area contributed by atoms with E-state index in [1.807, 2.05) is 0 Å². The lowest BCUT2D eigenvalue weighted by molar-refractivity contribution is -0.385. The number of nitro groups is 1. The van der Waals surface area contributed by atoms with Gasteiger partial charge in [-0.3, -0.25) is 10.1 Å². The number of hydrogen-bond acceptors (Lipinski definition) is 4. The maximum Gasteiger partial charge on any atom is 0.328 e. The smallest absolute Gasteiger partial charge is 0.328 e. The third kappa shape index (κ3) is 4.70. The topological polar surface area (TPSA) is 89.7 Å². The van der Waals surface area contributed by atoms with Crippen LogP contribution in [0.2, 0.25) is 0 Å². The fourth-order valence-corrected chi connectivity index (χ4v) is 1.22. The minimum atomic E-state index is -2.77. The summed E-state index contributed by atoms with van der Waals surface area (Å²) in [6.45, 7) is -0.979. The van der Waals surface area contributed by atoms with Gasteiger partial charge in [0.2, 0.25) is 0 Å². The number of aliphatic carboxylic acids is 1. The average Bonchev–Trinajstić information content (AvgIpc) is 2.33. The van der Waals surface area contributed by atoms with Crippen LogP contribution in [0.4, 0.5) is 14.5 Å². The number of rotatable bonds is 6. The van der Waals surface area contributed by atoms with Gasteiger partial charge in [0.1, 0.15) is 6.61 Å². The Morgan fingerprint density at radius 3 is 2.74 bits per heavy atom. The number of carboxylic acid groups (broad SMARTS) is 1. The quantitative estimate of drug-likeness (QED) is 0.488. The Labute approximate surface area is 106 Å². The molecule has 0 radical (unpaired) electrons. The molecular formula is C11H9F2NO5. The van der Waals surface area contributed by atoms with Crippen molar-refractivity contribution in [1.82, 2.24) is 0 Å². The number of nitro benzene ring substituents is 1. The summed E-state index contributed by atoms with van der Waals surface area (Å²) in [7, 11) is 0. The van der Waals surface area contributed by atoms with Crippen LogP contribution < -0.4 is 4.74 Å². The molecule has 1 aromatic rings. The second-order valence-electron chi connectivity index (χ2n) is 3.36. The third-order valence-electron chi connectivity index (χ3n) is 1.96. The van der Waals surface area contributed by atoms with Crippen molar-refractivity contribution in [2.75, 3.05) is 6.61 Å². The lowest BCUT2D eigenvalue weighted by atomic mass is 10.2. The first-order valence-corrected chi connectivity index (χ1v) is 5.00. The van der Waals surface area contributed by atoms with Gasteiger partial charge >= 0.3 is 11.7 Å². The highest BCUT2D eigenvalue weighted by Crippen LogP contribution is 2.28. The Morgan fingerprint density at radius 1 is 1.53 bits per heavy atom. The molecule has 0 saturated heterocycles. The SMILES string of the molecule is O=C(O)/C=C/c1ccc([N+](=O)[O-])c(OCC(F)F)c1. The number of ether oxygens (including phenoxy) is 1. The van der Waals surface area contributed by atoms with Crippen LogP contribution in [0.5, 0.6) is 5.75 Å². The summed E-state index contributed by atoms with van der Waals surface area (Å²) in [6, 6.07) is 3.47. The summed E-state index contributed by atoms with van der Waals surface area (Å²) in [5.41, 5.74) is -0.176. The zero-order valence-electron chi connectivity index (χ0n) is 9.45. The molecule has 0 aliphatic carbocycles. The Balaban J connectivity index is 3.03. The van der Waals surface area contributed by atoms with E-state index in [0.717, 1.165) is 18.2 Å². The molecular weight excluding hydrogens is 264 g/mol. The Morgan fingerprint density at radius 2 is 2.21 bits per heavy atom. The van der Waals surface area contributed by atoms with Gasteiger partial charge in [-0.2, -0.15) is 0 Å². The number of halogens is 2. The molecule has 0 spiro atoms. The molecule has 6 nitrogen and oxygen atoms in total. The second-order valence-corrected chi connectivity index (χ2v) is 3.36. The van der Waals surface area contributed by atoms with Crippen LogP contribution in [-0.4, -0.2) is 29.0 Å². The fraction of sp³-hybridized carbons (Fsp3) is 0.182. The van der Waals surface area contributed by atoms with E-state index in [-0.39, 0.29) is 11.3 Å². The molecule has 1 rings (SSSR count). The highest BCUT2D eigenvalue weighted by atomic mass is 19.3. The first kappa shape index (κ1) is 14.6. The molecule has 102 valence electrons. The number of carboxylic acids is 1. The van der Waals surface area contributed by atoms with Gasteiger partial charge in [-0.1, -0.05) is 0 Å². The van der Waals surface area contributed by atoms with E-state index in [4.69, 9.17) is 5.11 Å². The zero-order valence-corrected chi connectivity index (χ0v) is 9.45. The van der Waals surface area contributed by atoms with Crippen molar-refractivity contribution in [1.29, 1.82) is 0 Å². The van der Waals surface area contributed by atoms with Crippen molar-refractivity contribution in [3.8, 4) is 5.75 Å². The molecule has 0 fully saturated rings. The second kappa shape index (κ2) is 6.43. The molecule has 8 heteroatoms. The Hall–Kier alpha value is -2.51. The monoisotopic (exact) mass is 273 g/mol. The van der Waals surface area contributed by atoms with Crippen LogP contribution in [-0.2, 0) is 4.79 Å². The molecule has 19 heavy (non-hydrogen) atoms. The summed E-state index contributed by atoms with van der Waals surface area (Å²) in [4.78, 5) is 20.2. The van der Waals surface area contributed by atoms with Crippen molar-refractivity contribution in [2.45, 2.75) is 6.43 Å². The predicted molar refractivity (Wildman–Crippen MR) is 61.3 cm³/mol. The van der Waals surface area contributed by atoms with Crippen LogP contribution in [0.15, 0.2) is 24.3 Å². The summed E-state index contributed by atoms with van der Waals surface area (Å²) in [6.07, 6.45) is -0.780. The van der Waals surface area contributed by atoms with Crippen LogP contribution in [0.3, 0.4) is 0 Å². The van der Waals surface area contributed by atoms with Crippen molar-refractivity contribution < 1.29 is 28.3 Å². The first-order valence-electron chi connectivity index (χ1n) is 5.00. The predicted octanol–water partition coefficient (Wildman–Crippen LogP) is 2.34. The summed E-state index contributed by atoms with van der Waals surface area (Å²) >= 11 is 0. The normalized spacial score (nSPS) is 10.9. The van der Waals surface area contributed by atoms with Gasteiger partial charge in [0, 0.05) is 12.1 Å². The average molecular weight is 273 g/mol. The molecule has 0 aliphatic rings. The maximum absolute atomic E-state index is 12.0. The largest absolute Gasteiger partial charge is 0.481 e. The van der Waals surface area contributed by atoms with E-state index in [9.17, 15) is 23.7 Å². The molecule has 0 atom stereocenters. The van der Waals surface area contributed by atoms with Crippen LogP contribution in [0.1, 0.15) is 5.56 Å². The maximum atomic E-state index is 12.0. The number of nitrogens with zero attached hydrogens (tertiary/aromatic N) is 1. The summed E-state index contributed by atoms with van der Waals surface area (Å²) < 4.78 is 28.7. The molecule has 0 heterocycles. The van der Waals surface area contributed by atoms with Crippen LogP contribution in [0, 0.1) is 10.1 Å². The standard InChI is InChI=1S/C11H9F2NO5/c12-10(13)6-19-9-5-7(2-4-11(15)16)1-3-8(9)14(17)18/h1-5,10H,6H2,(H,15,16)/b4-2+. The number of hydrogen-bond donors (Lipinski definition) is 1. The third-order valence-corrected chi connectivity index (χ3v) is 1.96. The van der Waals surface area contributed by atoms with Gasteiger partial charge < -0.3 is 9.84 Å². The van der Waals surface area contributed by atoms with Crippen molar-refractivity contribution in [3.63, 3.8) is 0 Å². The Kier molecular flexibility index (Phi) is 4.92. The van der Waals surface area contributed by atoms with Gasteiger partial charge in [0.05, 0.1) is 4.92 Å². The van der Waals surface area contributed by atoms with Gasteiger partial charge in [-0.15, -0.1) is 0 Å². The van der Waals surface area contributed by atoms with E-state index in [0.29, 0.717) is 0 Å². The van der Waals surface area contributed by atoms with Crippen molar-refractivity contribution >= 4 is 17.7 Å². The van der Waals surface area contributed by atoms with Crippen molar-refractivity contribution in [3.05, 3.63) is 40.0 Å². The number of benzene rings is 1. The highest BCUT2D eigenvalue weighted by Gasteiger charge is 2.16. The molecule has 1 aromatic carbocycles. The number of alkyl halides is 2. The minimum absolute atomic E-state index is 0.289.